The molecule has 0 saturated heterocycles. The lowest BCUT2D eigenvalue weighted by atomic mass is 9.94. The second kappa shape index (κ2) is 29.9. The van der Waals surface area contributed by atoms with Crippen LogP contribution in [0, 0.1) is 0 Å². The van der Waals surface area contributed by atoms with Gasteiger partial charge in [-0.05, 0) is 135 Å². The zero-order chi connectivity index (χ0) is 63.3. The molecular weight excluding hydrogens is 1100 g/mol. The smallest absolute Gasteiger partial charge is 0.137 e. The molecule has 90 heavy (non-hydrogen) atoms. The maximum atomic E-state index is 4.71. The van der Waals surface area contributed by atoms with Gasteiger partial charge in [-0.15, -0.1) is 0 Å². The number of fused-ring (bicyclic) bond motifs is 15. The van der Waals surface area contributed by atoms with Gasteiger partial charge in [0.25, 0.3) is 0 Å². The van der Waals surface area contributed by atoms with Gasteiger partial charge in [-0.2, -0.15) is 0 Å². The van der Waals surface area contributed by atoms with E-state index in [1.54, 1.807) is 0 Å². The van der Waals surface area contributed by atoms with Gasteiger partial charge >= 0.3 is 0 Å². The number of rotatable bonds is 12. The third kappa shape index (κ3) is 13.7. The lowest BCUT2D eigenvalue weighted by molar-refractivity contribution is 0.779. The summed E-state index contributed by atoms with van der Waals surface area (Å²) in [6.07, 6.45) is 10.3. The number of aryl methyl sites for hydroxylation is 6. The van der Waals surface area contributed by atoms with Crippen LogP contribution in [-0.2, 0) is 77.0 Å². The molecule has 12 aromatic rings. The first kappa shape index (κ1) is 63.8. The van der Waals surface area contributed by atoms with Gasteiger partial charge < -0.3 is 0 Å². The quantitative estimate of drug-likeness (QED) is 0.118. The molecule has 3 aliphatic rings. The summed E-state index contributed by atoms with van der Waals surface area (Å²) < 4.78 is 0. The third-order valence-corrected chi connectivity index (χ3v) is 17.0. The molecule has 0 bridgehead atoms. The minimum Gasteiger partial charge on any atom is -0.218 e. The monoisotopic (exact) mass is 1190 g/mol. The minimum atomic E-state index is 0.743. The van der Waals surface area contributed by atoms with Gasteiger partial charge in [0.1, 0.15) is 52.4 Å². The van der Waals surface area contributed by atoms with E-state index in [1.165, 1.54) is 116 Å². The van der Waals surface area contributed by atoms with Crippen LogP contribution >= 0.6 is 0 Å². The molecule has 3 heterocycles. The highest BCUT2D eigenvalue weighted by Crippen LogP contribution is 2.44. The molecule has 456 valence electrons. The summed E-state index contributed by atoms with van der Waals surface area (Å²) in [5.74, 6) is 7.95. The molecular formula is C81H87N9. The largest absolute Gasteiger partial charge is 0.218 e. The molecule has 0 radical (unpaired) electrons. The zero-order valence-electron chi connectivity index (χ0n) is 55.1. The molecule has 0 fully saturated rings. The summed E-state index contributed by atoms with van der Waals surface area (Å²) in [5, 5.41) is 7.97. The number of hydrogen-bond donors (Lipinski definition) is 0. The molecule has 9 heteroatoms. The summed E-state index contributed by atoms with van der Waals surface area (Å²) in [5.41, 5.74) is 20.7. The minimum absolute atomic E-state index is 0.743. The first-order valence-corrected chi connectivity index (χ1v) is 33.3. The fourth-order valence-corrected chi connectivity index (χ4v) is 12.8. The summed E-state index contributed by atoms with van der Waals surface area (Å²) in [7, 11) is 0. The SMILES string of the molecule is CC.CC.CC.CCc1nc(CC)nc(Cc2ccc3c4c(ccc3c2)-c2ccccc2C4)n1.CCc1nc(CC)nc(Cc2ccc3ccc4c(c3c2)Cc2ccccc2-4)n1.CCc1nc(CC)nc(Cc2cccc3ccc4c(c23)Cc2ccccc2-4)n1. The van der Waals surface area contributed by atoms with Crippen molar-refractivity contribution in [3.63, 3.8) is 0 Å². The average molecular weight is 1190 g/mol. The number of hydrogen-bond acceptors (Lipinski definition) is 9. The lowest BCUT2D eigenvalue weighted by Crippen LogP contribution is -2.07. The van der Waals surface area contributed by atoms with Gasteiger partial charge in [-0.1, -0.05) is 247 Å². The molecule has 3 aromatic heterocycles. The molecule has 0 saturated carbocycles. The van der Waals surface area contributed by atoms with E-state index in [0.717, 1.165) is 129 Å². The molecule has 0 atom stereocenters. The summed E-state index contributed by atoms with van der Waals surface area (Å²) in [4.78, 5) is 41.6. The van der Waals surface area contributed by atoms with Crippen LogP contribution in [0.3, 0.4) is 0 Å². The topological polar surface area (TPSA) is 116 Å². The Morgan fingerprint density at radius 2 is 0.622 bits per heavy atom. The van der Waals surface area contributed by atoms with Crippen molar-refractivity contribution in [3.8, 4) is 33.4 Å². The Morgan fingerprint density at radius 3 is 1.09 bits per heavy atom. The molecule has 9 nitrogen and oxygen atoms in total. The number of nitrogens with zero attached hydrogens (tertiary/aromatic N) is 9. The Morgan fingerprint density at radius 1 is 0.267 bits per heavy atom. The molecule has 0 aliphatic heterocycles. The van der Waals surface area contributed by atoms with Gasteiger partial charge in [0.05, 0.1) is 0 Å². The highest BCUT2D eigenvalue weighted by molar-refractivity contribution is 5.98. The molecule has 9 aromatic carbocycles. The van der Waals surface area contributed by atoms with Gasteiger partial charge in [0, 0.05) is 57.8 Å². The molecule has 0 spiro atoms. The van der Waals surface area contributed by atoms with Crippen LogP contribution in [-0.4, -0.2) is 44.9 Å². The van der Waals surface area contributed by atoms with Crippen LogP contribution in [0.5, 0.6) is 0 Å². The molecule has 15 rings (SSSR count). The van der Waals surface area contributed by atoms with Crippen molar-refractivity contribution < 1.29 is 0 Å². The maximum Gasteiger partial charge on any atom is 0.137 e. The molecule has 0 amide bonds. The Bertz CT molecular complexity index is 4410. The highest BCUT2D eigenvalue weighted by atomic mass is 15.0. The normalized spacial score (nSPS) is 11.6. The maximum absolute atomic E-state index is 4.71. The number of aromatic nitrogens is 9. The van der Waals surface area contributed by atoms with E-state index in [1.807, 2.05) is 41.5 Å². The van der Waals surface area contributed by atoms with Crippen molar-refractivity contribution in [1.29, 1.82) is 0 Å². The summed E-state index contributed by atoms with van der Waals surface area (Å²) >= 11 is 0. The highest BCUT2D eigenvalue weighted by Gasteiger charge is 2.24. The van der Waals surface area contributed by atoms with Crippen molar-refractivity contribution in [3.05, 3.63) is 266 Å². The van der Waals surface area contributed by atoms with Crippen LogP contribution in [0.4, 0.5) is 0 Å². The van der Waals surface area contributed by atoms with Gasteiger partial charge in [0.15, 0.2) is 0 Å². The predicted octanol–water partition coefficient (Wildman–Crippen LogP) is 19.0. The van der Waals surface area contributed by atoms with E-state index in [9.17, 15) is 0 Å². The Labute approximate surface area is 534 Å². The van der Waals surface area contributed by atoms with Crippen LogP contribution in [0.2, 0.25) is 0 Å². The van der Waals surface area contributed by atoms with Crippen LogP contribution in [0.15, 0.2) is 164 Å². The van der Waals surface area contributed by atoms with Gasteiger partial charge in [0.2, 0.25) is 0 Å². The van der Waals surface area contributed by atoms with Gasteiger partial charge in [-0.25, -0.2) is 44.9 Å². The molecule has 0 unspecified atom stereocenters. The fraction of sp³-hybridized carbons (Fsp3) is 0.296. The van der Waals surface area contributed by atoms with E-state index in [2.05, 4.69) is 240 Å². The molecule has 3 aliphatic carbocycles. The van der Waals surface area contributed by atoms with Crippen molar-refractivity contribution in [2.45, 2.75) is 160 Å². The third-order valence-electron chi connectivity index (χ3n) is 17.0. The van der Waals surface area contributed by atoms with E-state index in [-0.39, 0.29) is 0 Å². The van der Waals surface area contributed by atoms with Crippen LogP contribution < -0.4 is 0 Å². The van der Waals surface area contributed by atoms with E-state index in [0.29, 0.717) is 0 Å². The first-order chi connectivity index (χ1) is 44.3. The first-order valence-electron chi connectivity index (χ1n) is 33.3. The van der Waals surface area contributed by atoms with Crippen molar-refractivity contribution in [2.75, 3.05) is 0 Å². The fourth-order valence-electron chi connectivity index (χ4n) is 12.8. The average Bonchev–Trinajstić information content (AvgIpc) is 1.61. The van der Waals surface area contributed by atoms with Crippen LogP contribution in [0.1, 0.15) is 186 Å². The molecule has 0 N–H and O–H groups in total. The van der Waals surface area contributed by atoms with Crippen molar-refractivity contribution in [2.24, 2.45) is 0 Å². The predicted molar refractivity (Wildman–Crippen MR) is 375 cm³/mol. The second-order valence-corrected chi connectivity index (χ2v) is 22.3. The summed E-state index contributed by atoms with van der Waals surface area (Å²) in [6, 6.07) is 60.0. The van der Waals surface area contributed by atoms with Crippen molar-refractivity contribution >= 4 is 32.3 Å². The Balaban J connectivity index is 0.000000142. The summed E-state index contributed by atoms with van der Waals surface area (Å²) in [6.45, 7) is 24.6. The van der Waals surface area contributed by atoms with Crippen molar-refractivity contribution in [1.82, 2.24) is 44.9 Å². The van der Waals surface area contributed by atoms with Gasteiger partial charge in [-0.3, -0.25) is 0 Å². The Kier molecular flexibility index (Phi) is 21.2. The Hall–Kier alpha value is -9.21. The van der Waals surface area contributed by atoms with E-state index < -0.39 is 0 Å². The standard InChI is InChI=1S/3C25H23N3.3C2H6/c1-3-22-26-23(4-2)28-24(27-22)15-18-10-7-9-16-12-13-20-19-11-6-5-8-17(19)14-21(20)25(16)18;1-3-23-26-24(4-2)28-25(27-23)14-16-9-11-20-18(13-16)10-12-21-19-8-6-5-7-17(19)15-22(20)21;1-3-23-26-24(4-2)28-25(27-23)14-16-9-10-17-11-12-20-19-8-6-5-7-18(19)15-22(20)21(17)13-16;3*1-2/h3*5-13H,3-4,14-15H2,1-2H3;3*1-2H3. The number of benzene rings is 9. The zero-order valence-corrected chi connectivity index (χ0v) is 55.1. The van der Waals surface area contributed by atoms with E-state index in [4.69, 9.17) is 9.97 Å². The second-order valence-electron chi connectivity index (χ2n) is 22.3. The van der Waals surface area contributed by atoms with Crippen LogP contribution in [0.25, 0.3) is 65.7 Å². The lowest BCUT2D eigenvalue weighted by Gasteiger charge is -2.12. The van der Waals surface area contributed by atoms with E-state index >= 15 is 0 Å².